The summed E-state index contributed by atoms with van der Waals surface area (Å²) in [4.78, 5) is 64.1. The van der Waals surface area contributed by atoms with Crippen molar-refractivity contribution in [3.8, 4) is 11.5 Å². The fourth-order valence-corrected chi connectivity index (χ4v) is 8.09. The number of rotatable bonds is 6. The van der Waals surface area contributed by atoms with Gasteiger partial charge in [0.15, 0.2) is 21.2 Å². The summed E-state index contributed by atoms with van der Waals surface area (Å²) in [6.45, 7) is -0.306. The zero-order chi connectivity index (χ0) is 31.0. The van der Waals surface area contributed by atoms with Crippen molar-refractivity contribution in [3.05, 3.63) is 65.5 Å². The lowest BCUT2D eigenvalue weighted by Gasteiger charge is -2.50. The van der Waals surface area contributed by atoms with Gasteiger partial charge in [0.2, 0.25) is 11.8 Å². The molecule has 0 radical (unpaired) electrons. The average molecular weight is 631 g/mol. The van der Waals surface area contributed by atoms with Crippen molar-refractivity contribution in [3.63, 3.8) is 0 Å². The number of alkyl halides is 2. The van der Waals surface area contributed by atoms with E-state index in [1.807, 2.05) is 0 Å². The highest BCUT2D eigenvalue weighted by Gasteiger charge is 2.76. The molecule has 13 heteroatoms. The summed E-state index contributed by atoms with van der Waals surface area (Å²) in [5.41, 5.74) is 0.860. The highest BCUT2D eigenvalue weighted by Crippen LogP contribution is 2.66. The molecule has 2 saturated heterocycles. The monoisotopic (exact) mass is 630 g/mol. The number of phenols is 1. The number of carbonyl (C=O) groups excluding carboxylic acids is 4. The van der Waals surface area contributed by atoms with Crippen LogP contribution >= 0.6 is 23.2 Å². The van der Waals surface area contributed by atoms with Crippen LogP contribution in [0.4, 0.5) is 10.1 Å². The van der Waals surface area contributed by atoms with E-state index >= 15 is 0 Å². The smallest absolute Gasteiger partial charge is 0.305 e. The number of amides is 4. The maximum absolute atomic E-state index is 14.3. The summed E-state index contributed by atoms with van der Waals surface area (Å²) >= 11 is 14.5. The van der Waals surface area contributed by atoms with Crippen LogP contribution in [0.25, 0.3) is 0 Å². The van der Waals surface area contributed by atoms with Crippen molar-refractivity contribution < 1.29 is 43.3 Å². The largest absolute Gasteiger partial charge is 0.504 e. The molecule has 6 atom stereocenters. The number of aromatic hydroxyl groups is 1. The van der Waals surface area contributed by atoms with E-state index in [1.165, 1.54) is 31.4 Å². The molecule has 2 aromatic rings. The van der Waals surface area contributed by atoms with Gasteiger partial charge < -0.3 is 14.9 Å². The number of carboxylic acid groups (broad SMARTS) is 1. The third-order valence-electron chi connectivity index (χ3n) is 9.07. The first-order valence-corrected chi connectivity index (χ1v) is 14.3. The lowest BCUT2D eigenvalue weighted by molar-refractivity contribution is -0.142. The van der Waals surface area contributed by atoms with E-state index in [4.69, 9.17) is 33.0 Å². The van der Waals surface area contributed by atoms with Crippen LogP contribution in [-0.4, -0.2) is 68.1 Å². The van der Waals surface area contributed by atoms with E-state index in [1.54, 1.807) is 12.1 Å². The number of imide groups is 2. The Morgan fingerprint density at radius 3 is 2.37 bits per heavy atom. The predicted molar refractivity (Wildman–Crippen MR) is 150 cm³/mol. The summed E-state index contributed by atoms with van der Waals surface area (Å²) in [5.74, 6) is -8.48. The molecule has 0 spiro atoms. The molecule has 4 amide bonds. The van der Waals surface area contributed by atoms with E-state index in [0.717, 1.165) is 21.9 Å². The highest BCUT2D eigenvalue weighted by atomic mass is 35.5. The van der Waals surface area contributed by atoms with E-state index in [0.29, 0.717) is 11.1 Å². The second-order valence-corrected chi connectivity index (χ2v) is 12.4. The Labute approximate surface area is 254 Å². The van der Waals surface area contributed by atoms with Gasteiger partial charge in [0.05, 0.1) is 31.1 Å². The molecule has 2 N–H and O–H groups in total. The van der Waals surface area contributed by atoms with Crippen molar-refractivity contribution in [1.82, 2.24) is 4.90 Å². The molecule has 2 aliphatic heterocycles. The number of anilines is 1. The maximum atomic E-state index is 14.3. The number of benzene rings is 2. The number of hydrogen-bond donors (Lipinski definition) is 2. The number of carboxylic acids is 1. The number of methoxy groups -OCH3 is 1. The Balaban J connectivity index is 1.52. The van der Waals surface area contributed by atoms with Gasteiger partial charge in [-0.1, -0.05) is 17.7 Å². The SMILES string of the molecule is COc1ccc([C@H]2C3=CC[C@@H]4C(=O)N(CCC(=O)O)C(=O)[C@@H]4[C@@H]3C[C@@]3(Cl)C(=O)N(c4ccc(F)cc4)C(=O)[C@@]23Cl)cc1O. The van der Waals surface area contributed by atoms with Crippen LogP contribution in [0.1, 0.15) is 30.7 Å². The number of likely N-dealkylation sites (tertiary alicyclic amines) is 1. The zero-order valence-electron chi connectivity index (χ0n) is 22.6. The number of fused-ring (bicyclic) bond motifs is 4. The first kappa shape index (κ1) is 29.1. The molecule has 1 saturated carbocycles. The van der Waals surface area contributed by atoms with Gasteiger partial charge in [-0.15, -0.1) is 23.2 Å². The van der Waals surface area contributed by atoms with E-state index < -0.39 is 75.3 Å². The molecule has 0 aromatic heterocycles. The number of phenolic OH excluding ortho intramolecular Hbond substituents is 1. The summed E-state index contributed by atoms with van der Waals surface area (Å²) in [7, 11) is 1.36. The summed E-state index contributed by atoms with van der Waals surface area (Å²) in [5, 5.41) is 19.8. The Kier molecular flexibility index (Phi) is 6.81. The summed E-state index contributed by atoms with van der Waals surface area (Å²) < 4.78 is 18.9. The van der Waals surface area contributed by atoms with Gasteiger partial charge in [0, 0.05) is 12.5 Å². The highest BCUT2D eigenvalue weighted by molar-refractivity contribution is 6.58. The molecule has 6 rings (SSSR count). The fraction of sp³-hybridized carbons (Fsp3) is 0.367. The topological polar surface area (TPSA) is 142 Å². The third-order valence-corrected chi connectivity index (χ3v) is 10.5. The van der Waals surface area contributed by atoms with E-state index in [2.05, 4.69) is 0 Å². The van der Waals surface area contributed by atoms with Gasteiger partial charge in [0.1, 0.15) is 5.82 Å². The number of allylic oxidation sites excluding steroid dienone is 2. The number of carbonyl (C=O) groups is 5. The molecule has 224 valence electrons. The van der Waals surface area contributed by atoms with Gasteiger partial charge in [-0.05, 0) is 60.7 Å². The number of hydrogen-bond acceptors (Lipinski definition) is 7. The van der Waals surface area contributed by atoms with Crippen molar-refractivity contribution >= 4 is 58.5 Å². The molecule has 10 nitrogen and oxygen atoms in total. The van der Waals surface area contributed by atoms with Gasteiger partial charge in [-0.25, -0.2) is 9.29 Å². The normalized spacial score (nSPS) is 31.5. The minimum atomic E-state index is -2.15. The van der Waals surface area contributed by atoms with Crippen LogP contribution in [0.2, 0.25) is 0 Å². The molecule has 43 heavy (non-hydrogen) atoms. The molecule has 0 bridgehead atoms. The Morgan fingerprint density at radius 2 is 1.74 bits per heavy atom. The minimum absolute atomic E-state index is 0.0453. The number of nitrogens with zero attached hydrogens (tertiary/aromatic N) is 2. The molecule has 2 aliphatic carbocycles. The van der Waals surface area contributed by atoms with Crippen molar-refractivity contribution in [1.29, 1.82) is 0 Å². The van der Waals surface area contributed by atoms with Gasteiger partial charge in [-0.2, -0.15) is 0 Å². The van der Waals surface area contributed by atoms with Crippen molar-refractivity contribution in [2.24, 2.45) is 17.8 Å². The van der Waals surface area contributed by atoms with Crippen LogP contribution in [0, 0.1) is 23.6 Å². The van der Waals surface area contributed by atoms with Gasteiger partial charge in [-0.3, -0.25) is 28.9 Å². The number of ether oxygens (including phenoxy) is 1. The second-order valence-electron chi connectivity index (χ2n) is 11.2. The van der Waals surface area contributed by atoms with Crippen molar-refractivity contribution in [2.75, 3.05) is 18.6 Å². The molecule has 2 aromatic carbocycles. The van der Waals surface area contributed by atoms with Gasteiger partial charge >= 0.3 is 5.97 Å². The zero-order valence-corrected chi connectivity index (χ0v) is 24.1. The van der Waals surface area contributed by atoms with Crippen LogP contribution in [0.5, 0.6) is 11.5 Å². The van der Waals surface area contributed by atoms with Crippen LogP contribution in [0.3, 0.4) is 0 Å². The first-order chi connectivity index (χ1) is 20.3. The maximum Gasteiger partial charge on any atom is 0.305 e. The lowest BCUT2D eigenvalue weighted by atomic mass is 9.56. The number of aliphatic carboxylic acids is 1. The molecule has 3 fully saturated rings. The quantitative estimate of drug-likeness (QED) is 0.280. The van der Waals surface area contributed by atoms with Crippen LogP contribution < -0.4 is 9.64 Å². The predicted octanol–water partition coefficient (Wildman–Crippen LogP) is 3.58. The molecule has 2 heterocycles. The molecular formula is C30H25Cl2FN2O8. The fourth-order valence-electron chi connectivity index (χ4n) is 7.15. The molecule has 4 aliphatic rings. The van der Waals surface area contributed by atoms with Crippen LogP contribution in [0.15, 0.2) is 54.1 Å². The van der Waals surface area contributed by atoms with E-state index in [9.17, 15) is 33.5 Å². The number of halogens is 3. The Hall–Kier alpha value is -3.96. The average Bonchev–Trinajstić information content (AvgIpc) is 3.30. The van der Waals surface area contributed by atoms with E-state index in [-0.39, 0.29) is 36.6 Å². The summed E-state index contributed by atoms with van der Waals surface area (Å²) in [6.07, 6.45) is 1.12. The lowest BCUT2D eigenvalue weighted by Crippen LogP contribution is -2.60. The molecule has 0 unspecified atom stereocenters. The van der Waals surface area contributed by atoms with Gasteiger partial charge in [0.25, 0.3) is 11.8 Å². The van der Waals surface area contributed by atoms with Crippen molar-refractivity contribution in [2.45, 2.75) is 34.9 Å². The first-order valence-electron chi connectivity index (χ1n) is 13.5. The third kappa shape index (κ3) is 4.01. The minimum Gasteiger partial charge on any atom is -0.504 e. The standard InChI is InChI=1S/C30H25Cl2FN2O8/c1-43-21-9-2-14(12-20(21)36)24-17-7-8-18-23(26(40)34(25(18)39)11-10-22(37)38)19(17)13-29(31)27(41)35(28(42)30(24,29)32)16-5-3-15(33)4-6-16/h2-7,9,12,18-19,23-24,36H,8,10-11,13H2,1H3,(H,37,38)/t18-,19+,23-,24-,29+,30-/m0/s1. The second kappa shape index (κ2) is 10.1. The summed E-state index contributed by atoms with van der Waals surface area (Å²) in [6, 6.07) is 9.05. The Morgan fingerprint density at radius 1 is 1.05 bits per heavy atom. The molecular weight excluding hydrogens is 606 g/mol. The van der Waals surface area contributed by atoms with Crippen LogP contribution in [-0.2, 0) is 24.0 Å². The Bertz CT molecular complexity index is 1630.